The Morgan fingerprint density at radius 3 is 2.22 bits per heavy atom. The summed E-state index contributed by atoms with van der Waals surface area (Å²) >= 11 is 0. The lowest BCUT2D eigenvalue weighted by Gasteiger charge is -2.22. The van der Waals surface area contributed by atoms with Crippen molar-refractivity contribution < 1.29 is 24.0 Å². The minimum Gasteiger partial charge on any atom is -0.497 e. The summed E-state index contributed by atoms with van der Waals surface area (Å²) in [4.78, 5) is 36.4. The summed E-state index contributed by atoms with van der Waals surface area (Å²) in [6, 6.07) is 14.8. The van der Waals surface area contributed by atoms with E-state index in [0.29, 0.717) is 11.3 Å². The number of hydrogen-bond donors (Lipinski definition) is 0. The van der Waals surface area contributed by atoms with E-state index in [4.69, 9.17) is 9.47 Å². The first kappa shape index (κ1) is 20.1. The fraction of sp³-hybridized carbons (Fsp3) is 0.300. The molecule has 0 aliphatic carbocycles. The smallest absolute Gasteiger partial charge is 0.317 e. The van der Waals surface area contributed by atoms with Crippen LogP contribution < -0.4 is 4.74 Å². The Labute approximate surface area is 157 Å². The lowest BCUT2D eigenvalue weighted by atomic mass is 9.81. The van der Waals surface area contributed by atoms with E-state index in [-0.39, 0.29) is 12.2 Å². The van der Waals surface area contributed by atoms with E-state index < -0.39 is 35.1 Å². The second kappa shape index (κ2) is 9.47. The maximum Gasteiger partial charge on any atom is 0.317 e. The molecule has 0 spiro atoms. The molecule has 0 saturated heterocycles. The summed E-state index contributed by atoms with van der Waals surface area (Å²) in [5.41, 5.74) is 0.798. The molecule has 27 heavy (non-hydrogen) atoms. The van der Waals surface area contributed by atoms with Gasteiger partial charge in [0, 0.05) is 10.5 Å². The van der Waals surface area contributed by atoms with Crippen LogP contribution in [0.2, 0.25) is 0 Å². The first-order valence-corrected chi connectivity index (χ1v) is 8.49. The number of rotatable bonds is 9. The molecule has 0 aliphatic heterocycles. The summed E-state index contributed by atoms with van der Waals surface area (Å²) < 4.78 is 10.1. The number of nitro groups is 1. The first-order chi connectivity index (χ1) is 13.0. The average molecular weight is 371 g/mol. The summed E-state index contributed by atoms with van der Waals surface area (Å²) in [6.07, 6.45) is 0. The lowest BCUT2D eigenvalue weighted by Crippen LogP contribution is -2.35. The third-order valence-corrected chi connectivity index (χ3v) is 4.17. The van der Waals surface area contributed by atoms with E-state index in [0.717, 1.165) is 0 Å². The third kappa shape index (κ3) is 5.13. The van der Waals surface area contributed by atoms with Crippen LogP contribution in [0.4, 0.5) is 0 Å². The molecule has 2 atom stereocenters. The van der Waals surface area contributed by atoms with Gasteiger partial charge in [-0.15, -0.1) is 0 Å². The highest BCUT2D eigenvalue weighted by molar-refractivity contribution is 6.09. The zero-order valence-corrected chi connectivity index (χ0v) is 15.2. The molecule has 7 heteroatoms. The highest BCUT2D eigenvalue weighted by Gasteiger charge is 2.40. The van der Waals surface area contributed by atoms with Crippen LogP contribution >= 0.6 is 0 Å². The van der Waals surface area contributed by atoms with Crippen molar-refractivity contribution in [1.29, 1.82) is 0 Å². The van der Waals surface area contributed by atoms with Gasteiger partial charge in [-0.25, -0.2) is 0 Å². The largest absolute Gasteiger partial charge is 0.497 e. The van der Waals surface area contributed by atoms with Crippen LogP contribution in [0.1, 0.15) is 28.8 Å². The predicted octanol–water partition coefficient (Wildman–Crippen LogP) is 3.12. The zero-order chi connectivity index (χ0) is 19.8. The van der Waals surface area contributed by atoms with Gasteiger partial charge in [-0.3, -0.25) is 19.7 Å². The molecular formula is C20H21NO6. The highest BCUT2D eigenvalue weighted by atomic mass is 16.6. The molecule has 0 aliphatic rings. The SMILES string of the molecule is CCOC(=O)C(C(=O)c1ccc(OC)cc1)C(C[N+](=O)[O-])c1ccccc1. The van der Waals surface area contributed by atoms with E-state index in [2.05, 4.69) is 0 Å². The molecule has 0 heterocycles. The zero-order valence-electron chi connectivity index (χ0n) is 15.2. The average Bonchev–Trinajstić information content (AvgIpc) is 2.68. The molecule has 0 fully saturated rings. The molecule has 2 aromatic carbocycles. The van der Waals surface area contributed by atoms with E-state index in [1.165, 1.54) is 19.2 Å². The van der Waals surface area contributed by atoms with Crippen LogP contribution in [0.3, 0.4) is 0 Å². The monoisotopic (exact) mass is 371 g/mol. The Balaban J connectivity index is 2.47. The number of ether oxygens (including phenoxy) is 2. The van der Waals surface area contributed by atoms with Crippen molar-refractivity contribution in [2.75, 3.05) is 20.3 Å². The molecule has 7 nitrogen and oxygen atoms in total. The van der Waals surface area contributed by atoms with Crippen molar-refractivity contribution in [2.45, 2.75) is 12.8 Å². The minimum atomic E-state index is -1.31. The molecule has 0 amide bonds. The van der Waals surface area contributed by atoms with Gasteiger partial charge in [0.25, 0.3) is 0 Å². The van der Waals surface area contributed by atoms with Gasteiger partial charge in [0.15, 0.2) is 5.78 Å². The second-order valence-electron chi connectivity index (χ2n) is 5.85. The third-order valence-electron chi connectivity index (χ3n) is 4.17. The van der Waals surface area contributed by atoms with Gasteiger partial charge in [-0.1, -0.05) is 30.3 Å². The van der Waals surface area contributed by atoms with Crippen LogP contribution in [0.5, 0.6) is 5.75 Å². The van der Waals surface area contributed by atoms with Crippen LogP contribution in [-0.2, 0) is 9.53 Å². The molecular weight excluding hydrogens is 350 g/mol. The van der Waals surface area contributed by atoms with Crippen molar-refractivity contribution in [1.82, 2.24) is 0 Å². The standard InChI is InChI=1S/C20H21NO6/c1-3-27-20(23)18(19(22)15-9-11-16(26-2)12-10-15)17(13-21(24)25)14-7-5-4-6-8-14/h4-12,17-18H,3,13H2,1-2H3. The normalized spacial score (nSPS) is 12.7. The molecule has 0 N–H and O–H groups in total. The molecule has 0 aromatic heterocycles. The first-order valence-electron chi connectivity index (χ1n) is 8.49. The van der Waals surface area contributed by atoms with Crippen molar-refractivity contribution in [2.24, 2.45) is 5.92 Å². The number of hydrogen-bond acceptors (Lipinski definition) is 6. The quantitative estimate of drug-likeness (QED) is 0.221. The van der Waals surface area contributed by atoms with Gasteiger partial charge in [0.2, 0.25) is 6.54 Å². The van der Waals surface area contributed by atoms with Crippen molar-refractivity contribution in [3.8, 4) is 5.75 Å². The van der Waals surface area contributed by atoms with Crippen molar-refractivity contribution >= 4 is 11.8 Å². The van der Waals surface area contributed by atoms with E-state index >= 15 is 0 Å². The van der Waals surface area contributed by atoms with Crippen LogP contribution in [0.15, 0.2) is 54.6 Å². The number of ketones is 1. The lowest BCUT2D eigenvalue weighted by molar-refractivity contribution is -0.484. The summed E-state index contributed by atoms with van der Waals surface area (Å²) in [5.74, 6) is -2.98. The maximum absolute atomic E-state index is 13.1. The van der Waals surface area contributed by atoms with E-state index in [9.17, 15) is 19.7 Å². The van der Waals surface area contributed by atoms with Gasteiger partial charge < -0.3 is 9.47 Å². The molecule has 0 radical (unpaired) electrons. The fourth-order valence-electron chi connectivity index (χ4n) is 2.89. The number of methoxy groups -OCH3 is 1. The highest BCUT2D eigenvalue weighted by Crippen LogP contribution is 2.30. The van der Waals surface area contributed by atoms with Crippen LogP contribution in [0, 0.1) is 16.0 Å². The summed E-state index contributed by atoms with van der Waals surface area (Å²) in [6.45, 7) is 1.14. The van der Waals surface area contributed by atoms with Gasteiger partial charge in [0.05, 0.1) is 19.6 Å². The summed E-state index contributed by atoms with van der Waals surface area (Å²) in [5, 5.41) is 11.2. The topological polar surface area (TPSA) is 95.7 Å². The van der Waals surface area contributed by atoms with Gasteiger partial charge >= 0.3 is 5.97 Å². The van der Waals surface area contributed by atoms with Crippen LogP contribution in [0.25, 0.3) is 0 Å². The molecule has 142 valence electrons. The predicted molar refractivity (Wildman–Crippen MR) is 98.5 cm³/mol. The van der Waals surface area contributed by atoms with E-state index in [1.54, 1.807) is 49.4 Å². The number of esters is 1. The molecule has 2 unspecified atom stereocenters. The van der Waals surface area contributed by atoms with Gasteiger partial charge in [0.1, 0.15) is 11.7 Å². The second-order valence-corrected chi connectivity index (χ2v) is 5.85. The van der Waals surface area contributed by atoms with Crippen molar-refractivity contribution in [3.05, 3.63) is 75.8 Å². The number of benzene rings is 2. The van der Waals surface area contributed by atoms with Crippen molar-refractivity contribution in [3.63, 3.8) is 0 Å². The summed E-state index contributed by atoms with van der Waals surface area (Å²) in [7, 11) is 1.50. The number of nitrogens with zero attached hydrogens (tertiary/aromatic N) is 1. The Morgan fingerprint density at radius 2 is 1.70 bits per heavy atom. The number of carbonyl (C=O) groups excluding carboxylic acids is 2. The Morgan fingerprint density at radius 1 is 1.07 bits per heavy atom. The maximum atomic E-state index is 13.1. The van der Waals surface area contributed by atoms with E-state index in [1.807, 2.05) is 0 Å². The Bertz CT molecular complexity index is 788. The Kier molecular flexibility index (Phi) is 7.05. The van der Waals surface area contributed by atoms with Crippen LogP contribution in [-0.4, -0.2) is 36.9 Å². The Hall–Kier alpha value is -3.22. The molecule has 0 saturated carbocycles. The number of Topliss-reactive ketones (excluding diaryl/α,β-unsaturated/α-hetero) is 1. The molecule has 2 aromatic rings. The minimum absolute atomic E-state index is 0.0746. The van der Waals surface area contributed by atoms with Gasteiger partial charge in [-0.2, -0.15) is 0 Å². The number of carbonyl (C=O) groups is 2. The van der Waals surface area contributed by atoms with Gasteiger partial charge in [-0.05, 0) is 36.8 Å². The molecule has 0 bridgehead atoms. The molecule has 2 rings (SSSR count). The fourth-order valence-corrected chi connectivity index (χ4v) is 2.89.